The Morgan fingerprint density at radius 3 is 2.78 bits per heavy atom. The number of rotatable bonds is 4. The van der Waals surface area contributed by atoms with Crippen molar-refractivity contribution in [3.63, 3.8) is 0 Å². The van der Waals surface area contributed by atoms with Crippen molar-refractivity contribution in [1.29, 1.82) is 0 Å². The Balaban J connectivity index is 1.98. The minimum absolute atomic E-state index is 0.609. The zero-order valence-electron chi connectivity index (χ0n) is 11.3. The van der Waals surface area contributed by atoms with Crippen LogP contribution < -0.4 is 5.73 Å². The van der Waals surface area contributed by atoms with E-state index in [1.165, 1.54) is 35.1 Å². The summed E-state index contributed by atoms with van der Waals surface area (Å²) in [5.74, 6) is 1.67. The van der Waals surface area contributed by atoms with Crippen LogP contribution >= 0.6 is 15.9 Å². The minimum Gasteiger partial charge on any atom is -0.326 e. The second kappa shape index (κ2) is 6.18. The molecule has 1 fully saturated rings. The van der Waals surface area contributed by atoms with Crippen LogP contribution in [0, 0.1) is 11.8 Å². The second-order valence-corrected chi connectivity index (χ2v) is 6.51. The van der Waals surface area contributed by atoms with Crippen LogP contribution in [0.25, 0.3) is 0 Å². The lowest BCUT2D eigenvalue weighted by Gasteiger charge is -2.18. The largest absolute Gasteiger partial charge is 0.326 e. The lowest BCUT2D eigenvalue weighted by Crippen LogP contribution is -2.21. The van der Waals surface area contributed by atoms with E-state index in [9.17, 15) is 0 Å². The highest BCUT2D eigenvalue weighted by atomic mass is 79.9. The summed E-state index contributed by atoms with van der Waals surface area (Å²) < 4.78 is 1.19. The van der Waals surface area contributed by atoms with Gasteiger partial charge in [-0.3, -0.25) is 4.90 Å². The van der Waals surface area contributed by atoms with Gasteiger partial charge in [0.1, 0.15) is 0 Å². The van der Waals surface area contributed by atoms with Gasteiger partial charge in [0.15, 0.2) is 0 Å². The molecule has 1 unspecified atom stereocenters. The van der Waals surface area contributed by atoms with Gasteiger partial charge in [-0.25, -0.2) is 0 Å². The molecule has 3 heteroatoms. The molecule has 100 valence electrons. The predicted octanol–water partition coefficient (Wildman–Crippen LogP) is 3.39. The molecule has 18 heavy (non-hydrogen) atoms. The van der Waals surface area contributed by atoms with Gasteiger partial charge in [0.2, 0.25) is 0 Å². The molecular weight excluding hydrogens is 288 g/mol. The van der Waals surface area contributed by atoms with Crippen molar-refractivity contribution in [3.05, 3.63) is 33.8 Å². The van der Waals surface area contributed by atoms with E-state index in [2.05, 4.69) is 52.9 Å². The van der Waals surface area contributed by atoms with Gasteiger partial charge in [0, 0.05) is 24.1 Å². The average Bonchev–Trinajstić information content (AvgIpc) is 2.80. The van der Waals surface area contributed by atoms with E-state index in [1.54, 1.807) is 0 Å². The van der Waals surface area contributed by atoms with Gasteiger partial charge in [-0.15, -0.1) is 0 Å². The number of hydrogen-bond donors (Lipinski definition) is 1. The molecule has 1 aliphatic rings. The van der Waals surface area contributed by atoms with Gasteiger partial charge in [-0.1, -0.05) is 41.9 Å². The Kier molecular flexibility index (Phi) is 4.82. The average molecular weight is 311 g/mol. The molecule has 1 aliphatic heterocycles. The Bertz CT molecular complexity index is 403. The maximum absolute atomic E-state index is 5.65. The summed E-state index contributed by atoms with van der Waals surface area (Å²) in [5.41, 5.74) is 8.21. The molecule has 0 bridgehead atoms. The van der Waals surface area contributed by atoms with E-state index in [1.807, 2.05) is 0 Å². The first kappa shape index (κ1) is 14.0. The molecule has 2 N–H and O–H groups in total. The minimum atomic E-state index is 0.609. The van der Waals surface area contributed by atoms with Crippen molar-refractivity contribution in [2.75, 3.05) is 13.1 Å². The first-order valence-corrected chi connectivity index (χ1v) is 7.59. The fourth-order valence-electron chi connectivity index (χ4n) is 2.64. The van der Waals surface area contributed by atoms with Crippen molar-refractivity contribution in [2.24, 2.45) is 17.6 Å². The second-order valence-electron chi connectivity index (χ2n) is 5.66. The molecule has 0 spiro atoms. The predicted molar refractivity (Wildman–Crippen MR) is 80.3 cm³/mol. The topological polar surface area (TPSA) is 29.3 Å². The molecule has 0 aliphatic carbocycles. The zero-order chi connectivity index (χ0) is 13.1. The Labute approximate surface area is 119 Å². The summed E-state index contributed by atoms with van der Waals surface area (Å²) in [6.07, 6.45) is 1.34. The number of benzene rings is 1. The molecule has 0 amide bonds. The fourth-order valence-corrected chi connectivity index (χ4v) is 3.19. The maximum atomic E-state index is 5.65. The van der Waals surface area contributed by atoms with Crippen LogP contribution in [0.5, 0.6) is 0 Å². The fraction of sp³-hybridized carbons (Fsp3) is 0.600. The molecule has 1 aromatic carbocycles. The van der Waals surface area contributed by atoms with Crippen molar-refractivity contribution in [3.8, 4) is 0 Å². The van der Waals surface area contributed by atoms with Crippen LogP contribution in [0.2, 0.25) is 0 Å². The quantitative estimate of drug-likeness (QED) is 0.923. The molecule has 2 nitrogen and oxygen atoms in total. The molecule has 1 atom stereocenters. The monoisotopic (exact) mass is 310 g/mol. The molecule has 0 radical (unpaired) electrons. The van der Waals surface area contributed by atoms with E-state index in [-0.39, 0.29) is 0 Å². The van der Waals surface area contributed by atoms with Gasteiger partial charge in [-0.05, 0) is 42.0 Å². The van der Waals surface area contributed by atoms with Gasteiger partial charge in [-0.2, -0.15) is 0 Å². The zero-order valence-corrected chi connectivity index (χ0v) is 12.9. The van der Waals surface area contributed by atoms with Crippen LogP contribution in [0.3, 0.4) is 0 Å². The van der Waals surface area contributed by atoms with Crippen molar-refractivity contribution < 1.29 is 0 Å². The first-order chi connectivity index (χ1) is 8.60. The summed E-state index contributed by atoms with van der Waals surface area (Å²) in [7, 11) is 0. The van der Waals surface area contributed by atoms with Gasteiger partial charge >= 0.3 is 0 Å². The lowest BCUT2D eigenvalue weighted by molar-refractivity contribution is 0.296. The summed E-state index contributed by atoms with van der Waals surface area (Å²) in [6, 6.07) is 6.48. The van der Waals surface area contributed by atoms with Crippen molar-refractivity contribution in [2.45, 2.75) is 33.4 Å². The Hall–Kier alpha value is -0.380. The van der Waals surface area contributed by atoms with Crippen LogP contribution in [0.15, 0.2) is 22.7 Å². The van der Waals surface area contributed by atoms with Crippen LogP contribution in [-0.4, -0.2) is 18.0 Å². The van der Waals surface area contributed by atoms with Crippen LogP contribution in [0.1, 0.15) is 31.4 Å². The van der Waals surface area contributed by atoms with E-state index in [0.29, 0.717) is 6.54 Å². The highest BCUT2D eigenvalue weighted by Crippen LogP contribution is 2.27. The number of likely N-dealkylation sites (tertiary alicyclic amines) is 1. The molecule has 1 aromatic rings. The number of nitrogens with zero attached hydrogens (tertiary/aromatic N) is 1. The molecule has 1 saturated heterocycles. The Morgan fingerprint density at radius 2 is 2.22 bits per heavy atom. The Morgan fingerprint density at radius 1 is 1.44 bits per heavy atom. The summed E-state index contributed by atoms with van der Waals surface area (Å²) in [6.45, 7) is 8.80. The first-order valence-electron chi connectivity index (χ1n) is 6.80. The normalized spacial score (nSPS) is 20.8. The molecule has 2 rings (SSSR count). The third kappa shape index (κ3) is 3.34. The molecular formula is C15H23BrN2. The molecule has 0 saturated carbocycles. The van der Waals surface area contributed by atoms with Crippen molar-refractivity contribution >= 4 is 15.9 Å². The third-order valence-electron chi connectivity index (χ3n) is 4.00. The van der Waals surface area contributed by atoms with Gasteiger partial charge in [0.05, 0.1) is 0 Å². The van der Waals surface area contributed by atoms with Gasteiger partial charge < -0.3 is 5.73 Å². The van der Waals surface area contributed by atoms with Crippen molar-refractivity contribution in [1.82, 2.24) is 4.90 Å². The molecule has 1 heterocycles. The summed E-state index contributed by atoms with van der Waals surface area (Å²) in [4.78, 5) is 2.56. The standard InChI is InChI=1S/C15H23BrN2/c1-11(2)13-5-6-18(9-13)10-14-4-3-12(8-17)7-15(14)16/h3-4,7,11,13H,5-6,8-10,17H2,1-2H3. The smallest absolute Gasteiger partial charge is 0.0245 e. The summed E-state index contributed by atoms with van der Waals surface area (Å²) in [5, 5.41) is 0. The molecule has 0 aromatic heterocycles. The lowest BCUT2D eigenvalue weighted by atomic mass is 9.95. The maximum Gasteiger partial charge on any atom is 0.0245 e. The number of nitrogens with two attached hydrogens (primary N) is 1. The van der Waals surface area contributed by atoms with E-state index >= 15 is 0 Å². The van der Waals surface area contributed by atoms with E-state index in [0.717, 1.165) is 18.4 Å². The third-order valence-corrected chi connectivity index (χ3v) is 4.74. The summed E-state index contributed by atoms with van der Waals surface area (Å²) >= 11 is 3.66. The highest BCUT2D eigenvalue weighted by Gasteiger charge is 2.24. The van der Waals surface area contributed by atoms with E-state index in [4.69, 9.17) is 5.73 Å². The van der Waals surface area contributed by atoms with Crippen LogP contribution in [0.4, 0.5) is 0 Å². The SMILES string of the molecule is CC(C)C1CCN(Cc2ccc(CN)cc2Br)C1. The highest BCUT2D eigenvalue weighted by molar-refractivity contribution is 9.10. The number of hydrogen-bond acceptors (Lipinski definition) is 2. The number of halogens is 1. The van der Waals surface area contributed by atoms with Crippen LogP contribution in [-0.2, 0) is 13.1 Å². The van der Waals surface area contributed by atoms with E-state index < -0.39 is 0 Å². The van der Waals surface area contributed by atoms with Gasteiger partial charge in [0.25, 0.3) is 0 Å².